The van der Waals surface area contributed by atoms with Crippen LogP contribution in [0.1, 0.15) is 77.6 Å². The fourth-order valence-electron chi connectivity index (χ4n) is 3.32. The zero-order valence-electron chi connectivity index (χ0n) is 11.3. The van der Waals surface area contributed by atoms with Crippen molar-refractivity contribution in [1.82, 2.24) is 0 Å². The zero-order valence-corrected chi connectivity index (χ0v) is 11.3. The number of hydrogen-bond donors (Lipinski definition) is 0. The van der Waals surface area contributed by atoms with Gasteiger partial charge < -0.3 is 0 Å². The highest BCUT2D eigenvalue weighted by Crippen LogP contribution is 2.32. The van der Waals surface area contributed by atoms with E-state index in [0.717, 1.165) is 19.3 Å². The summed E-state index contributed by atoms with van der Waals surface area (Å²) in [5.74, 6) is 0.877. The van der Waals surface area contributed by atoms with Crippen LogP contribution in [0.4, 0.5) is 0 Å². The maximum Gasteiger partial charge on any atom is 0.161 e. The van der Waals surface area contributed by atoms with Crippen LogP contribution >= 0.6 is 0 Å². The van der Waals surface area contributed by atoms with E-state index in [1.807, 2.05) is 0 Å². The molecule has 0 aliphatic heterocycles. The van der Waals surface area contributed by atoms with E-state index in [0.29, 0.717) is 11.7 Å². The predicted molar refractivity (Wildman–Crippen MR) is 72.0 cm³/mol. The highest BCUT2D eigenvalue weighted by molar-refractivity contribution is 5.98. The van der Waals surface area contributed by atoms with E-state index < -0.39 is 0 Å². The Morgan fingerprint density at radius 1 is 0.824 bits per heavy atom. The summed E-state index contributed by atoms with van der Waals surface area (Å²) in [4.78, 5) is 12.4. The largest absolute Gasteiger partial charge is 0.294 e. The Bertz CT molecular complexity index is 301. The molecule has 0 N–H and O–H groups in total. The summed E-state index contributed by atoms with van der Waals surface area (Å²) in [6, 6.07) is 0. The highest BCUT2D eigenvalue weighted by atomic mass is 16.1. The van der Waals surface area contributed by atoms with Gasteiger partial charge in [0, 0.05) is 5.92 Å². The first-order valence-electron chi connectivity index (χ1n) is 7.52. The van der Waals surface area contributed by atoms with Crippen LogP contribution in [0.2, 0.25) is 0 Å². The molecule has 2 rings (SSSR count). The van der Waals surface area contributed by atoms with Gasteiger partial charge in [0.25, 0.3) is 0 Å². The van der Waals surface area contributed by atoms with Crippen molar-refractivity contribution in [3.8, 4) is 0 Å². The molecule has 2 aliphatic rings. The molecule has 0 aromatic rings. The SMILES string of the molecule is CC1=C2CCCCCCCCCC(CC1)C2=O. The highest BCUT2D eigenvalue weighted by Gasteiger charge is 2.27. The molecule has 0 saturated heterocycles. The Morgan fingerprint density at radius 3 is 2.24 bits per heavy atom. The van der Waals surface area contributed by atoms with Crippen molar-refractivity contribution in [3.63, 3.8) is 0 Å². The topological polar surface area (TPSA) is 17.1 Å². The number of carbonyl (C=O) groups excluding carboxylic acids is 1. The molecule has 0 aromatic carbocycles. The molecule has 1 saturated carbocycles. The number of ketones is 1. The van der Waals surface area contributed by atoms with Gasteiger partial charge in [0.1, 0.15) is 0 Å². The lowest BCUT2D eigenvalue weighted by Crippen LogP contribution is -2.22. The van der Waals surface area contributed by atoms with Crippen molar-refractivity contribution >= 4 is 5.78 Å². The quantitative estimate of drug-likeness (QED) is 0.588. The molecule has 96 valence electrons. The van der Waals surface area contributed by atoms with Crippen molar-refractivity contribution in [1.29, 1.82) is 0 Å². The van der Waals surface area contributed by atoms with Crippen molar-refractivity contribution in [3.05, 3.63) is 11.1 Å². The van der Waals surface area contributed by atoms with Crippen LogP contribution in [-0.4, -0.2) is 5.78 Å². The molecule has 0 radical (unpaired) electrons. The lowest BCUT2D eigenvalue weighted by Gasteiger charge is -2.25. The van der Waals surface area contributed by atoms with Crippen LogP contribution in [0.25, 0.3) is 0 Å². The Balaban J connectivity index is 2.05. The van der Waals surface area contributed by atoms with Gasteiger partial charge in [-0.05, 0) is 44.6 Å². The van der Waals surface area contributed by atoms with Crippen molar-refractivity contribution < 1.29 is 4.79 Å². The Hall–Kier alpha value is -0.590. The van der Waals surface area contributed by atoms with Crippen LogP contribution in [0.3, 0.4) is 0 Å². The first-order chi connectivity index (χ1) is 8.29. The zero-order chi connectivity index (χ0) is 12.1. The Kier molecular flexibility index (Phi) is 4.82. The average Bonchev–Trinajstić information content (AvgIpc) is 2.31. The summed E-state index contributed by atoms with van der Waals surface area (Å²) in [7, 11) is 0. The van der Waals surface area contributed by atoms with E-state index in [9.17, 15) is 4.79 Å². The second-order valence-corrected chi connectivity index (χ2v) is 5.87. The predicted octanol–water partition coefficient (Wildman–Crippen LogP) is 4.81. The fourth-order valence-corrected chi connectivity index (χ4v) is 3.32. The van der Waals surface area contributed by atoms with Gasteiger partial charge >= 0.3 is 0 Å². The minimum Gasteiger partial charge on any atom is -0.294 e. The molecule has 1 nitrogen and oxygen atoms in total. The third-order valence-electron chi connectivity index (χ3n) is 4.53. The molecule has 2 bridgehead atoms. The maximum atomic E-state index is 12.4. The van der Waals surface area contributed by atoms with Gasteiger partial charge in [-0.3, -0.25) is 4.79 Å². The molecule has 1 unspecified atom stereocenters. The van der Waals surface area contributed by atoms with Gasteiger partial charge in [-0.2, -0.15) is 0 Å². The van der Waals surface area contributed by atoms with Crippen LogP contribution in [0.5, 0.6) is 0 Å². The lowest BCUT2D eigenvalue weighted by atomic mass is 9.78. The Morgan fingerprint density at radius 2 is 1.47 bits per heavy atom. The van der Waals surface area contributed by atoms with E-state index in [1.165, 1.54) is 62.5 Å². The van der Waals surface area contributed by atoms with Crippen molar-refractivity contribution in [2.24, 2.45) is 5.92 Å². The molecular weight excluding hydrogens is 208 g/mol. The van der Waals surface area contributed by atoms with Gasteiger partial charge in [-0.25, -0.2) is 0 Å². The van der Waals surface area contributed by atoms with Gasteiger partial charge in [0.15, 0.2) is 5.78 Å². The smallest absolute Gasteiger partial charge is 0.161 e. The van der Waals surface area contributed by atoms with E-state index in [-0.39, 0.29) is 0 Å². The van der Waals surface area contributed by atoms with Crippen LogP contribution in [-0.2, 0) is 4.79 Å². The van der Waals surface area contributed by atoms with E-state index in [2.05, 4.69) is 6.92 Å². The molecule has 0 aromatic heterocycles. The minimum absolute atomic E-state index is 0.369. The fraction of sp³-hybridized carbons (Fsp3) is 0.812. The van der Waals surface area contributed by atoms with Gasteiger partial charge in [0.05, 0.1) is 0 Å². The number of rotatable bonds is 0. The van der Waals surface area contributed by atoms with Crippen molar-refractivity contribution in [2.75, 3.05) is 0 Å². The summed E-state index contributed by atoms with van der Waals surface area (Å²) in [6.07, 6.45) is 13.8. The molecule has 17 heavy (non-hydrogen) atoms. The van der Waals surface area contributed by atoms with E-state index in [1.54, 1.807) is 0 Å². The second kappa shape index (κ2) is 6.37. The van der Waals surface area contributed by atoms with Crippen LogP contribution < -0.4 is 0 Å². The summed E-state index contributed by atoms with van der Waals surface area (Å²) < 4.78 is 0. The molecular formula is C16H26O. The summed E-state index contributed by atoms with van der Waals surface area (Å²) in [5.41, 5.74) is 2.60. The standard InChI is InChI=1S/C16H26O/c1-13-11-12-14-9-7-5-3-2-4-6-8-10-15(13)16(14)17/h14H,2-12H2,1H3. The lowest BCUT2D eigenvalue weighted by molar-refractivity contribution is -0.120. The van der Waals surface area contributed by atoms with Crippen LogP contribution in [0, 0.1) is 5.92 Å². The first-order valence-corrected chi connectivity index (χ1v) is 7.52. The average molecular weight is 234 g/mol. The molecule has 0 heterocycles. The summed E-state index contributed by atoms with van der Waals surface area (Å²) >= 11 is 0. The molecule has 1 fully saturated rings. The van der Waals surface area contributed by atoms with Crippen molar-refractivity contribution in [2.45, 2.75) is 77.6 Å². The number of hydrogen-bond acceptors (Lipinski definition) is 1. The number of Topliss-reactive ketones (excluding diaryl/α,β-unsaturated/α-hetero) is 1. The molecule has 1 atom stereocenters. The van der Waals surface area contributed by atoms with Gasteiger partial charge in [-0.15, -0.1) is 0 Å². The van der Waals surface area contributed by atoms with E-state index in [4.69, 9.17) is 0 Å². The summed E-state index contributed by atoms with van der Waals surface area (Å²) in [6.45, 7) is 2.18. The Labute approximate surface area is 106 Å². The molecule has 2 aliphatic carbocycles. The number of carbonyl (C=O) groups is 1. The minimum atomic E-state index is 0.369. The number of allylic oxidation sites excluding steroid dienone is 2. The van der Waals surface area contributed by atoms with Gasteiger partial charge in [0.2, 0.25) is 0 Å². The van der Waals surface area contributed by atoms with Crippen LogP contribution in [0.15, 0.2) is 11.1 Å². The normalized spacial score (nSPS) is 28.5. The van der Waals surface area contributed by atoms with Gasteiger partial charge in [-0.1, -0.05) is 44.1 Å². The molecule has 1 heteroatoms. The molecule has 0 spiro atoms. The second-order valence-electron chi connectivity index (χ2n) is 5.87. The third-order valence-corrected chi connectivity index (χ3v) is 4.53. The summed E-state index contributed by atoms with van der Waals surface area (Å²) in [5, 5.41) is 0. The maximum absolute atomic E-state index is 12.4. The monoisotopic (exact) mass is 234 g/mol. The van der Waals surface area contributed by atoms with E-state index >= 15 is 0 Å². The third kappa shape index (κ3) is 3.43. The number of fused-ring (bicyclic) bond motifs is 2. The first kappa shape index (κ1) is 12.9. The molecule has 0 amide bonds.